The molecular formula is C10H15NO2S2. The van der Waals surface area contributed by atoms with Crippen LogP contribution in [-0.2, 0) is 5.75 Å². The second-order valence-corrected chi connectivity index (χ2v) is 5.42. The number of hydrogen-bond acceptors (Lipinski definition) is 4. The Labute approximate surface area is 97.7 Å². The molecule has 0 spiro atoms. The summed E-state index contributed by atoms with van der Waals surface area (Å²) in [6.45, 7) is 1.98. The molecule has 1 aromatic heterocycles. The summed E-state index contributed by atoms with van der Waals surface area (Å²) in [6.07, 6.45) is 0.969. The molecule has 0 radical (unpaired) electrons. The molecule has 0 bridgehead atoms. The van der Waals surface area contributed by atoms with E-state index < -0.39 is 5.97 Å². The maximum atomic E-state index is 10.8. The van der Waals surface area contributed by atoms with Gasteiger partial charge >= 0.3 is 5.97 Å². The smallest absolute Gasteiger partial charge is 0.346 e. The molecule has 0 aliphatic carbocycles. The highest BCUT2D eigenvalue weighted by molar-refractivity contribution is 7.98. The van der Waals surface area contributed by atoms with Gasteiger partial charge in [0.1, 0.15) is 4.88 Å². The van der Waals surface area contributed by atoms with E-state index in [4.69, 9.17) is 10.8 Å². The van der Waals surface area contributed by atoms with Gasteiger partial charge in [-0.25, -0.2) is 4.79 Å². The molecule has 84 valence electrons. The molecule has 3 N–H and O–H groups in total. The summed E-state index contributed by atoms with van der Waals surface area (Å²) >= 11 is 3.02. The number of rotatable bonds is 6. The van der Waals surface area contributed by atoms with Gasteiger partial charge in [0, 0.05) is 11.8 Å². The lowest BCUT2D eigenvalue weighted by molar-refractivity contribution is 0.0701. The third-order valence-corrected chi connectivity index (χ3v) is 3.90. The van der Waals surface area contributed by atoms with Gasteiger partial charge < -0.3 is 10.8 Å². The van der Waals surface area contributed by atoms with Crippen LogP contribution in [0.2, 0.25) is 0 Å². The van der Waals surface area contributed by atoms with Crippen molar-refractivity contribution in [3.63, 3.8) is 0 Å². The molecule has 0 saturated heterocycles. The van der Waals surface area contributed by atoms with Gasteiger partial charge in [0.2, 0.25) is 0 Å². The Morgan fingerprint density at radius 1 is 1.73 bits per heavy atom. The highest BCUT2D eigenvalue weighted by atomic mass is 32.2. The summed E-state index contributed by atoms with van der Waals surface area (Å²) in [4.78, 5) is 11.3. The number of nitrogens with two attached hydrogens (primary N) is 1. The monoisotopic (exact) mass is 245 g/mol. The lowest BCUT2D eigenvalue weighted by atomic mass is 10.3. The van der Waals surface area contributed by atoms with Gasteiger partial charge in [-0.3, -0.25) is 0 Å². The van der Waals surface area contributed by atoms with Crippen molar-refractivity contribution in [3.05, 3.63) is 21.9 Å². The Hall–Kier alpha value is -0.520. The van der Waals surface area contributed by atoms with E-state index in [1.165, 1.54) is 11.3 Å². The Morgan fingerprint density at radius 2 is 2.47 bits per heavy atom. The first kappa shape index (κ1) is 12.5. The summed E-state index contributed by atoms with van der Waals surface area (Å²) in [5.41, 5.74) is 6.54. The maximum absolute atomic E-state index is 10.8. The first-order chi connectivity index (χ1) is 7.11. The van der Waals surface area contributed by atoms with Crippen molar-refractivity contribution in [1.29, 1.82) is 0 Å². The molecule has 1 rings (SSSR count). The standard InChI is InChI=1S/C10H15NO2S2/c1-7(11)2-4-14-6-8-3-5-15-9(8)10(12)13/h3,5,7H,2,4,6,11H2,1H3,(H,12,13). The van der Waals surface area contributed by atoms with Gasteiger partial charge in [-0.05, 0) is 36.1 Å². The van der Waals surface area contributed by atoms with Gasteiger partial charge in [-0.1, -0.05) is 0 Å². The van der Waals surface area contributed by atoms with Gasteiger partial charge in [-0.2, -0.15) is 11.8 Å². The van der Waals surface area contributed by atoms with Gasteiger partial charge in [0.05, 0.1) is 0 Å². The van der Waals surface area contributed by atoms with Crippen molar-refractivity contribution in [2.24, 2.45) is 5.73 Å². The molecular weight excluding hydrogens is 230 g/mol. The van der Waals surface area contributed by atoms with Gasteiger partial charge in [0.15, 0.2) is 0 Å². The number of thioether (sulfide) groups is 1. The minimum Gasteiger partial charge on any atom is -0.477 e. The molecule has 0 saturated carbocycles. The zero-order chi connectivity index (χ0) is 11.3. The summed E-state index contributed by atoms with van der Waals surface area (Å²) in [5, 5.41) is 10.7. The number of carboxylic acids is 1. The predicted octanol–water partition coefficient (Wildman–Crippen LogP) is 2.42. The fourth-order valence-electron chi connectivity index (χ4n) is 1.09. The van der Waals surface area contributed by atoms with Crippen molar-refractivity contribution in [2.75, 3.05) is 5.75 Å². The summed E-state index contributed by atoms with van der Waals surface area (Å²) in [6, 6.07) is 2.10. The Bertz CT molecular complexity index is 323. The van der Waals surface area contributed by atoms with Crippen molar-refractivity contribution in [1.82, 2.24) is 0 Å². The first-order valence-corrected chi connectivity index (χ1v) is 6.77. The van der Waals surface area contributed by atoms with Crippen LogP contribution < -0.4 is 5.73 Å². The quantitative estimate of drug-likeness (QED) is 0.755. The van der Waals surface area contributed by atoms with E-state index in [2.05, 4.69) is 0 Å². The third kappa shape index (κ3) is 4.24. The molecule has 0 amide bonds. The van der Waals surface area contributed by atoms with Crippen LogP contribution in [0.4, 0.5) is 0 Å². The maximum Gasteiger partial charge on any atom is 0.346 e. The fourth-order valence-corrected chi connectivity index (χ4v) is 3.08. The predicted molar refractivity (Wildman–Crippen MR) is 65.7 cm³/mol. The van der Waals surface area contributed by atoms with Crippen molar-refractivity contribution >= 4 is 29.1 Å². The van der Waals surface area contributed by atoms with Crippen molar-refractivity contribution < 1.29 is 9.90 Å². The zero-order valence-corrected chi connectivity index (χ0v) is 10.2. The minimum atomic E-state index is -0.826. The largest absolute Gasteiger partial charge is 0.477 e. The van der Waals surface area contributed by atoms with Crippen LogP contribution in [0.5, 0.6) is 0 Å². The molecule has 0 aromatic carbocycles. The Balaban J connectivity index is 2.37. The zero-order valence-electron chi connectivity index (χ0n) is 8.60. The number of carboxylic acid groups (broad SMARTS) is 1. The van der Waals surface area contributed by atoms with Crippen molar-refractivity contribution in [2.45, 2.75) is 25.1 Å². The third-order valence-electron chi connectivity index (χ3n) is 1.92. The van der Waals surface area contributed by atoms with Crippen LogP contribution >= 0.6 is 23.1 Å². The first-order valence-electron chi connectivity index (χ1n) is 4.74. The lowest BCUT2D eigenvalue weighted by Gasteiger charge is -2.04. The number of aromatic carboxylic acids is 1. The topological polar surface area (TPSA) is 63.3 Å². The van der Waals surface area contributed by atoms with E-state index in [0.29, 0.717) is 4.88 Å². The second kappa shape index (κ2) is 6.15. The van der Waals surface area contributed by atoms with E-state index in [1.54, 1.807) is 11.8 Å². The highest BCUT2D eigenvalue weighted by Crippen LogP contribution is 2.22. The summed E-state index contributed by atoms with van der Waals surface area (Å²) in [5.74, 6) is 0.914. The number of carbonyl (C=O) groups is 1. The van der Waals surface area contributed by atoms with Gasteiger partial charge in [0.25, 0.3) is 0 Å². The normalized spacial score (nSPS) is 12.7. The Morgan fingerprint density at radius 3 is 3.07 bits per heavy atom. The highest BCUT2D eigenvalue weighted by Gasteiger charge is 2.10. The van der Waals surface area contributed by atoms with Crippen LogP contribution in [0.15, 0.2) is 11.4 Å². The molecule has 3 nitrogen and oxygen atoms in total. The molecule has 15 heavy (non-hydrogen) atoms. The van der Waals surface area contributed by atoms with Gasteiger partial charge in [-0.15, -0.1) is 11.3 Å². The average Bonchev–Trinajstić information content (AvgIpc) is 2.60. The summed E-state index contributed by atoms with van der Waals surface area (Å²) < 4.78 is 0. The molecule has 5 heteroatoms. The molecule has 0 aliphatic heterocycles. The van der Waals surface area contributed by atoms with E-state index in [9.17, 15) is 4.79 Å². The van der Waals surface area contributed by atoms with Crippen LogP contribution in [0.1, 0.15) is 28.6 Å². The lowest BCUT2D eigenvalue weighted by Crippen LogP contribution is -2.15. The molecule has 1 atom stereocenters. The SMILES string of the molecule is CC(N)CCSCc1ccsc1C(=O)O. The van der Waals surface area contributed by atoms with Crippen LogP contribution in [0, 0.1) is 0 Å². The Kier molecular flexibility index (Phi) is 5.14. The molecule has 0 aliphatic rings. The van der Waals surface area contributed by atoms with Crippen LogP contribution in [0.25, 0.3) is 0 Å². The molecule has 1 aromatic rings. The molecule has 1 heterocycles. The van der Waals surface area contributed by atoms with E-state index in [0.717, 1.165) is 23.5 Å². The van der Waals surface area contributed by atoms with E-state index >= 15 is 0 Å². The second-order valence-electron chi connectivity index (χ2n) is 3.40. The number of thiophene rings is 1. The average molecular weight is 245 g/mol. The molecule has 1 unspecified atom stereocenters. The van der Waals surface area contributed by atoms with Crippen LogP contribution in [-0.4, -0.2) is 22.9 Å². The molecule has 0 fully saturated rings. The van der Waals surface area contributed by atoms with E-state index in [1.807, 2.05) is 18.4 Å². The number of hydrogen-bond donors (Lipinski definition) is 2. The van der Waals surface area contributed by atoms with Crippen molar-refractivity contribution in [3.8, 4) is 0 Å². The minimum absolute atomic E-state index is 0.221. The van der Waals surface area contributed by atoms with Crippen LogP contribution in [0.3, 0.4) is 0 Å². The summed E-state index contributed by atoms with van der Waals surface area (Å²) in [7, 11) is 0. The van der Waals surface area contributed by atoms with E-state index in [-0.39, 0.29) is 6.04 Å². The fraction of sp³-hybridized carbons (Fsp3) is 0.500.